The Morgan fingerprint density at radius 3 is 2.94 bits per heavy atom. The maximum absolute atomic E-state index is 10.4. The van der Waals surface area contributed by atoms with Crippen LogP contribution in [0.2, 0.25) is 0 Å². The first-order valence-corrected chi connectivity index (χ1v) is 6.24. The summed E-state index contributed by atoms with van der Waals surface area (Å²) in [5.74, 6) is -0.315. The zero-order valence-electron chi connectivity index (χ0n) is 9.20. The van der Waals surface area contributed by atoms with E-state index in [2.05, 4.69) is 28.1 Å². The molecule has 1 N–H and O–H groups in total. The Kier molecular flexibility index (Phi) is 3.05. The topological polar surface area (TPSA) is 44.0 Å². The number of hydrogen-bond acceptors (Lipinski definition) is 2. The van der Waals surface area contributed by atoms with Gasteiger partial charge >= 0.3 is 0 Å². The molecule has 1 aromatic carbocycles. The number of nitriles is 1. The smallest absolute Gasteiger partial charge is 0.0845 e. The van der Waals surface area contributed by atoms with Gasteiger partial charge in [-0.15, -0.1) is 0 Å². The highest BCUT2D eigenvalue weighted by atomic mass is 79.9. The van der Waals surface area contributed by atoms with E-state index in [1.165, 1.54) is 11.1 Å². The highest BCUT2D eigenvalue weighted by Gasteiger charge is 2.37. The van der Waals surface area contributed by atoms with Crippen LogP contribution in [0.1, 0.15) is 24.5 Å². The van der Waals surface area contributed by atoms with Gasteiger partial charge < -0.3 is 5.11 Å². The molecule has 2 unspecified atom stereocenters. The second-order valence-corrected chi connectivity index (χ2v) is 5.46. The zero-order valence-corrected chi connectivity index (χ0v) is 10.8. The average molecular weight is 280 g/mol. The molecular weight excluding hydrogens is 266 g/mol. The van der Waals surface area contributed by atoms with Crippen LogP contribution in [0.25, 0.3) is 0 Å². The molecule has 3 heteroatoms. The maximum atomic E-state index is 10.4. The van der Waals surface area contributed by atoms with Crippen LogP contribution in [-0.2, 0) is 12.8 Å². The lowest BCUT2D eigenvalue weighted by Crippen LogP contribution is -2.41. The van der Waals surface area contributed by atoms with Crippen LogP contribution in [0.15, 0.2) is 22.7 Å². The summed E-state index contributed by atoms with van der Waals surface area (Å²) in [6.45, 7) is 1.80. The van der Waals surface area contributed by atoms with Crippen LogP contribution < -0.4 is 0 Å². The van der Waals surface area contributed by atoms with Crippen LogP contribution >= 0.6 is 15.9 Å². The van der Waals surface area contributed by atoms with Crippen LogP contribution in [0.4, 0.5) is 0 Å². The molecule has 0 aliphatic heterocycles. The van der Waals surface area contributed by atoms with Crippen molar-refractivity contribution in [1.82, 2.24) is 0 Å². The number of aliphatic hydroxyl groups is 1. The zero-order chi connectivity index (χ0) is 11.8. The number of aryl methyl sites for hydroxylation is 1. The number of halogens is 1. The van der Waals surface area contributed by atoms with Crippen molar-refractivity contribution in [2.75, 3.05) is 0 Å². The van der Waals surface area contributed by atoms with E-state index in [-0.39, 0.29) is 5.92 Å². The first-order valence-electron chi connectivity index (χ1n) is 5.44. The van der Waals surface area contributed by atoms with Gasteiger partial charge in [0.15, 0.2) is 0 Å². The van der Waals surface area contributed by atoms with Crippen LogP contribution in [-0.4, -0.2) is 10.7 Å². The highest BCUT2D eigenvalue weighted by molar-refractivity contribution is 9.10. The Morgan fingerprint density at radius 1 is 1.50 bits per heavy atom. The van der Waals surface area contributed by atoms with Crippen molar-refractivity contribution in [3.63, 3.8) is 0 Å². The van der Waals surface area contributed by atoms with Crippen LogP contribution in [0.3, 0.4) is 0 Å². The second-order valence-electron chi connectivity index (χ2n) is 4.54. The van der Waals surface area contributed by atoms with Crippen molar-refractivity contribution in [2.45, 2.75) is 31.8 Å². The molecule has 0 fully saturated rings. The van der Waals surface area contributed by atoms with Gasteiger partial charge in [-0.25, -0.2) is 0 Å². The van der Waals surface area contributed by atoms with E-state index in [4.69, 9.17) is 5.26 Å². The Balaban J connectivity index is 2.31. The van der Waals surface area contributed by atoms with Gasteiger partial charge in [0.1, 0.15) is 0 Å². The summed E-state index contributed by atoms with van der Waals surface area (Å²) in [6, 6.07) is 8.28. The molecule has 84 valence electrons. The van der Waals surface area contributed by atoms with E-state index < -0.39 is 5.60 Å². The Bertz CT molecular complexity index is 452. The summed E-state index contributed by atoms with van der Waals surface area (Å²) in [4.78, 5) is 0. The first kappa shape index (κ1) is 11.6. The van der Waals surface area contributed by atoms with Gasteiger partial charge in [0.2, 0.25) is 0 Å². The fourth-order valence-corrected chi connectivity index (χ4v) is 2.67. The number of nitrogens with zero attached hydrogens (tertiary/aromatic N) is 1. The average Bonchev–Trinajstić information content (AvgIpc) is 2.28. The van der Waals surface area contributed by atoms with Crippen molar-refractivity contribution in [3.8, 4) is 6.07 Å². The molecule has 0 radical (unpaired) electrons. The number of benzene rings is 1. The normalized spacial score (nSPS) is 25.6. The summed E-state index contributed by atoms with van der Waals surface area (Å²) in [5.41, 5.74) is 1.60. The predicted molar refractivity (Wildman–Crippen MR) is 65.9 cm³/mol. The lowest BCUT2D eigenvalue weighted by Gasteiger charge is -2.35. The van der Waals surface area contributed by atoms with Gasteiger partial charge in [-0.2, -0.15) is 5.26 Å². The molecule has 2 nitrogen and oxygen atoms in total. The lowest BCUT2D eigenvalue weighted by molar-refractivity contribution is -0.00454. The molecule has 0 saturated heterocycles. The Morgan fingerprint density at radius 2 is 2.25 bits per heavy atom. The molecule has 1 aliphatic carbocycles. The minimum absolute atomic E-state index is 0.315. The van der Waals surface area contributed by atoms with Gasteiger partial charge in [0.05, 0.1) is 17.6 Å². The van der Waals surface area contributed by atoms with Crippen molar-refractivity contribution in [1.29, 1.82) is 5.26 Å². The number of fused-ring (bicyclic) bond motifs is 1. The molecule has 2 rings (SSSR count). The van der Waals surface area contributed by atoms with E-state index >= 15 is 0 Å². The quantitative estimate of drug-likeness (QED) is 0.859. The van der Waals surface area contributed by atoms with E-state index in [1.807, 2.05) is 12.1 Å². The minimum Gasteiger partial charge on any atom is -0.388 e. The highest BCUT2D eigenvalue weighted by Crippen LogP contribution is 2.34. The molecular formula is C13H14BrNO. The Labute approximate surface area is 104 Å². The maximum Gasteiger partial charge on any atom is 0.0845 e. The minimum atomic E-state index is -0.852. The van der Waals surface area contributed by atoms with Gasteiger partial charge in [-0.1, -0.05) is 22.0 Å². The monoisotopic (exact) mass is 279 g/mol. The molecule has 0 heterocycles. The molecule has 0 aromatic heterocycles. The third-order valence-electron chi connectivity index (χ3n) is 3.49. The van der Waals surface area contributed by atoms with Gasteiger partial charge in [0, 0.05) is 10.9 Å². The molecule has 1 aromatic rings. The standard InChI is InChI=1S/C13H14BrNO/c1-9(8-15)13(16)5-4-10-6-12(14)3-2-11(10)7-13/h2-3,6,9,16H,4-5,7H2,1H3. The Hall–Kier alpha value is -0.850. The predicted octanol–water partition coefficient (Wildman–Crippen LogP) is 2.83. The third kappa shape index (κ3) is 2.00. The largest absolute Gasteiger partial charge is 0.388 e. The SMILES string of the molecule is CC(C#N)C1(O)CCc2cc(Br)ccc2C1. The molecule has 0 saturated carbocycles. The second kappa shape index (κ2) is 4.20. The molecule has 0 spiro atoms. The van der Waals surface area contributed by atoms with Gasteiger partial charge in [-0.3, -0.25) is 0 Å². The third-order valence-corrected chi connectivity index (χ3v) is 3.99. The van der Waals surface area contributed by atoms with Crippen molar-refractivity contribution >= 4 is 15.9 Å². The molecule has 16 heavy (non-hydrogen) atoms. The summed E-state index contributed by atoms with van der Waals surface area (Å²) < 4.78 is 1.07. The molecule has 2 atom stereocenters. The van der Waals surface area contributed by atoms with Crippen molar-refractivity contribution < 1.29 is 5.11 Å². The number of hydrogen-bond donors (Lipinski definition) is 1. The first-order chi connectivity index (χ1) is 7.55. The van der Waals surface area contributed by atoms with Crippen LogP contribution in [0, 0.1) is 17.2 Å². The fourth-order valence-electron chi connectivity index (χ4n) is 2.26. The summed E-state index contributed by atoms with van der Waals surface area (Å²) in [5, 5.41) is 19.3. The summed E-state index contributed by atoms with van der Waals surface area (Å²) in [6.07, 6.45) is 2.10. The van der Waals surface area contributed by atoms with E-state index in [0.29, 0.717) is 12.8 Å². The van der Waals surface area contributed by atoms with Crippen molar-refractivity contribution in [3.05, 3.63) is 33.8 Å². The summed E-state index contributed by atoms with van der Waals surface area (Å²) in [7, 11) is 0. The molecule has 1 aliphatic rings. The van der Waals surface area contributed by atoms with E-state index in [0.717, 1.165) is 10.9 Å². The van der Waals surface area contributed by atoms with Crippen LogP contribution in [0.5, 0.6) is 0 Å². The lowest BCUT2D eigenvalue weighted by atomic mass is 9.74. The van der Waals surface area contributed by atoms with E-state index in [1.54, 1.807) is 6.92 Å². The van der Waals surface area contributed by atoms with Gasteiger partial charge in [0.25, 0.3) is 0 Å². The number of rotatable bonds is 1. The van der Waals surface area contributed by atoms with Crippen molar-refractivity contribution in [2.24, 2.45) is 5.92 Å². The van der Waals surface area contributed by atoms with E-state index in [9.17, 15) is 5.11 Å². The van der Waals surface area contributed by atoms with Gasteiger partial charge in [-0.05, 0) is 43.0 Å². The fraction of sp³-hybridized carbons (Fsp3) is 0.462. The summed E-state index contributed by atoms with van der Waals surface area (Å²) >= 11 is 3.45. The molecule has 0 bridgehead atoms. The molecule has 0 amide bonds.